The van der Waals surface area contributed by atoms with Gasteiger partial charge in [0.1, 0.15) is 0 Å². The Kier molecular flexibility index (Phi) is 3.77. The van der Waals surface area contributed by atoms with Crippen LogP contribution in [-0.2, 0) is 0 Å². The van der Waals surface area contributed by atoms with Gasteiger partial charge in [-0.05, 0) is 20.8 Å². The van der Waals surface area contributed by atoms with Crippen molar-refractivity contribution < 1.29 is 0 Å². The van der Waals surface area contributed by atoms with Crippen molar-refractivity contribution in [2.45, 2.75) is 39.3 Å². The third kappa shape index (κ3) is 3.45. The van der Waals surface area contributed by atoms with Crippen molar-refractivity contribution in [3.63, 3.8) is 0 Å². The summed E-state index contributed by atoms with van der Waals surface area (Å²) in [5.41, 5.74) is 6.39. The molecule has 0 aromatic carbocycles. The molecular weight excluding hydrogens is 210 g/mol. The van der Waals surface area contributed by atoms with E-state index < -0.39 is 0 Å². The Labute approximate surface area is 105 Å². The highest BCUT2D eigenvalue weighted by Crippen LogP contribution is 2.18. The van der Waals surface area contributed by atoms with Gasteiger partial charge in [-0.1, -0.05) is 5.92 Å². The van der Waals surface area contributed by atoms with Gasteiger partial charge in [0.05, 0.1) is 0 Å². The van der Waals surface area contributed by atoms with E-state index in [9.17, 15) is 0 Å². The van der Waals surface area contributed by atoms with Gasteiger partial charge in [0, 0.05) is 56.6 Å². The van der Waals surface area contributed by atoms with E-state index in [0.29, 0.717) is 6.04 Å². The molecule has 2 unspecified atom stereocenters. The average Bonchev–Trinajstić information content (AvgIpc) is 2.28. The first-order valence-corrected chi connectivity index (χ1v) is 6.68. The maximum Gasteiger partial charge on any atom is 0.0384 e. The van der Waals surface area contributed by atoms with E-state index in [1.54, 1.807) is 0 Å². The number of nitrogens with zero attached hydrogens (tertiary/aromatic N) is 2. The van der Waals surface area contributed by atoms with E-state index in [1.165, 1.54) is 26.2 Å². The second-order valence-corrected chi connectivity index (χ2v) is 6.32. The van der Waals surface area contributed by atoms with Gasteiger partial charge in [0.15, 0.2) is 0 Å². The molecule has 3 rings (SSSR count). The Morgan fingerprint density at radius 2 is 1.88 bits per heavy atom. The largest absolute Gasteiger partial charge is 0.325 e. The van der Waals surface area contributed by atoms with Crippen LogP contribution in [0.4, 0.5) is 0 Å². The molecule has 17 heavy (non-hydrogen) atoms. The number of hydrogen-bond donors (Lipinski definition) is 1. The molecule has 0 saturated carbocycles. The number of hydrogen-bond acceptors (Lipinski definition) is 3. The van der Waals surface area contributed by atoms with Gasteiger partial charge in [0.25, 0.3) is 0 Å². The van der Waals surface area contributed by atoms with Crippen molar-refractivity contribution in [3.8, 4) is 11.8 Å². The molecular formula is C14H25N3. The normalized spacial score (nSPS) is 34.0. The maximum atomic E-state index is 6.29. The molecule has 3 heteroatoms. The number of rotatable bonds is 2. The van der Waals surface area contributed by atoms with Gasteiger partial charge in [-0.25, -0.2) is 0 Å². The summed E-state index contributed by atoms with van der Waals surface area (Å²) in [5, 5.41) is 0. The van der Waals surface area contributed by atoms with Gasteiger partial charge in [0.2, 0.25) is 0 Å². The number of nitrogens with two attached hydrogens (primary N) is 1. The van der Waals surface area contributed by atoms with Crippen LogP contribution in [0.5, 0.6) is 0 Å². The third-order valence-electron chi connectivity index (χ3n) is 3.62. The molecule has 3 heterocycles. The molecule has 2 N–H and O–H groups in total. The van der Waals surface area contributed by atoms with Crippen molar-refractivity contribution in [1.82, 2.24) is 9.80 Å². The zero-order chi connectivity index (χ0) is 12.5. The fourth-order valence-corrected chi connectivity index (χ4v) is 2.63. The molecule has 3 aliphatic heterocycles. The van der Waals surface area contributed by atoms with E-state index >= 15 is 0 Å². The lowest BCUT2D eigenvalue weighted by atomic mass is 9.95. The lowest BCUT2D eigenvalue weighted by Gasteiger charge is -2.49. The topological polar surface area (TPSA) is 32.5 Å². The lowest BCUT2D eigenvalue weighted by Crippen LogP contribution is -2.65. The number of piperazine rings is 3. The zero-order valence-electron chi connectivity index (χ0n) is 11.4. The molecule has 0 aromatic heterocycles. The van der Waals surface area contributed by atoms with E-state index in [2.05, 4.69) is 42.4 Å². The highest BCUT2D eigenvalue weighted by Gasteiger charge is 2.34. The van der Waals surface area contributed by atoms with E-state index in [1.807, 2.05) is 0 Å². The minimum Gasteiger partial charge on any atom is -0.325 e. The van der Waals surface area contributed by atoms with Crippen LogP contribution in [-0.4, -0.2) is 54.6 Å². The summed E-state index contributed by atoms with van der Waals surface area (Å²) in [6.07, 6.45) is 0.826. The monoisotopic (exact) mass is 235 g/mol. The molecule has 0 spiro atoms. The Morgan fingerprint density at radius 3 is 2.35 bits per heavy atom. The summed E-state index contributed by atoms with van der Waals surface area (Å²) in [6, 6.07) is 0.722. The van der Waals surface area contributed by atoms with Crippen LogP contribution in [0.3, 0.4) is 0 Å². The first kappa shape index (κ1) is 12.9. The second-order valence-electron chi connectivity index (χ2n) is 6.32. The molecule has 3 saturated heterocycles. The van der Waals surface area contributed by atoms with Gasteiger partial charge < -0.3 is 5.73 Å². The summed E-state index contributed by atoms with van der Waals surface area (Å²) >= 11 is 0. The van der Waals surface area contributed by atoms with Crippen molar-refractivity contribution in [2.75, 3.05) is 32.7 Å². The standard InChI is InChI=1S/C14H25N3/c1-14(2,3)6-4-5-12(15)13-11-16-7-9-17(13)10-8-16/h12-13H,5,7-11,15H2,1-3H3. The summed E-state index contributed by atoms with van der Waals surface area (Å²) in [4.78, 5) is 5.07. The van der Waals surface area contributed by atoms with Crippen LogP contribution in [0.1, 0.15) is 27.2 Å². The number of fused-ring (bicyclic) bond motifs is 3. The highest BCUT2D eigenvalue weighted by molar-refractivity contribution is 5.10. The molecule has 0 aliphatic carbocycles. The molecule has 0 amide bonds. The first-order valence-electron chi connectivity index (χ1n) is 6.68. The lowest BCUT2D eigenvalue weighted by molar-refractivity contribution is 0.00318. The Bertz CT molecular complexity index is 313. The average molecular weight is 235 g/mol. The Balaban J connectivity index is 1.87. The van der Waals surface area contributed by atoms with Crippen molar-refractivity contribution >= 4 is 0 Å². The SMILES string of the molecule is CC(C)(C)C#CCC(N)C1CN2CCN1CC2. The maximum absolute atomic E-state index is 6.29. The Morgan fingerprint density at radius 1 is 1.24 bits per heavy atom. The minimum atomic E-state index is 0.0923. The van der Waals surface area contributed by atoms with Crippen LogP contribution < -0.4 is 5.73 Å². The van der Waals surface area contributed by atoms with E-state index in [4.69, 9.17) is 5.73 Å². The molecule has 3 nitrogen and oxygen atoms in total. The minimum absolute atomic E-state index is 0.0923. The van der Waals surface area contributed by atoms with Crippen LogP contribution >= 0.6 is 0 Å². The highest BCUT2D eigenvalue weighted by atomic mass is 15.3. The van der Waals surface area contributed by atoms with Crippen LogP contribution in [0, 0.1) is 17.3 Å². The molecule has 96 valence electrons. The van der Waals surface area contributed by atoms with Crippen LogP contribution in [0.25, 0.3) is 0 Å². The molecule has 0 aromatic rings. The molecule has 2 bridgehead atoms. The molecule has 3 aliphatic rings. The first-order chi connectivity index (χ1) is 7.96. The fraction of sp³-hybridized carbons (Fsp3) is 0.857. The second kappa shape index (κ2) is 4.97. The van der Waals surface area contributed by atoms with E-state index in [-0.39, 0.29) is 11.5 Å². The van der Waals surface area contributed by atoms with Gasteiger partial charge in [-0.15, -0.1) is 5.92 Å². The van der Waals surface area contributed by atoms with Gasteiger partial charge in [-0.2, -0.15) is 0 Å². The summed E-state index contributed by atoms with van der Waals surface area (Å²) in [6.45, 7) is 12.4. The van der Waals surface area contributed by atoms with Crippen molar-refractivity contribution in [3.05, 3.63) is 0 Å². The molecule has 2 atom stereocenters. The van der Waals surface area contributed by atoms with Crippen LogP contribution in [0.2, 0.25) is 0 Å². The molecule has 0 radical (unpaired) electrons. The fourth-order valence-electron chi connectivity index (χ4n) is 2.63. The van der Waals surface area contributed by atoms with Gasteiger partial charge in [-0.3, -0.25) is 9.80 Å². The molecule has 3 fully saturated rings. The van der Waals surface area contributed by atoms with E-state index in [0.717, 1.165) is 13.0 Å². The summed E-state index contributed by atoms with van der Waals surface area (Å²) in [5.74, 6) is 6.54. The summed E-state index contributed by atoms with van der Waals surface area (Å²) < 4.78 is 0. The van der Waals surface area contributed by atoms with Crippen LogP contribution in [0.15, 0.2) is 0 Å². The smallest absolute Gasteiger partial charge is 0.0384 e. The zero-order valence-corrected chi connectivity index (χ0v) is 11.4. The summed E-state index contributed by atoms with van der Waals surface area (Å²) in [7, 11) is 0. The Hall–Kier alpha value is -0.560. The van der Waals surface area contributed by atoms with Crippen molar-refractivity contribution in [2.24, 2.45) is 11.1 Å². The third-order valence-corrected chi connectivity index (χ3v) is 3.62. The van der Waals surface area contributed by atoms with Gasteiger partial charge >= 0.3 is 0 Å². The van der Waals surface area contributed by atoms with Crippen molar-refractivity contribution in [1.29, 1.82) is 0 Å². The predicted octanol–water partition coefficient (Wildman–Crippen LogP) is 0.753. The quantitative estimate of drug-likeness (QED) is 0.717. The predicted molar refractivity (Wildman–Crippen MR) is 71.6 cm³/mol.